The minimum Gasteiger partial charge on any atom is -0.297 e. The van der Waals surface area contributed by atoms with Crippen LogP contribution in [0.2, 0.25) is 0 Å². The van der Waals surface area contributed by atoms with Gasteiger partial charge in [0, 0.05) is 5.56 Å². The van der Waals surface area contributed by atoms with E-state index in [1.807, 2.05) is 6.92 Å². The summed E-state index contributed by atoms with van der Waals surface area (Å²) in [5.74, 6) is 0. The van der Waals surface area contributed by atoms with Gasteiger partial charge in [-0.1, -0.05) is 31.2 Å². The predicted octanol–water partition coefficient (Wildman–Crippen LogP) is 3.49. The summed E-state index contributed by atoms with van der Waals surface area (Å²) in [6.45, 7) is 4.00. The molecule has 0 aliphatic heterocycles. The van der Waals surface area contributed by atoms with Crippen LogP contribution in [-0.4, -0.2) is 11.3 Å². The SMILES string of the molecule is CCc1ccc(-c2nc(C)c(C=O)s2)cc1. The smallest absolute Gasteiger partial charge is 0.161 e. The lowest BCUT2D eigenvalue weighted by molar-refractivity contribution is 0.112. The van der Waals surface area contributed by atoms with Gasteiger partial charge in [-0.3, -0.25) is 4.79 Å². The van der Waals surface area contributed by atoms with E-state index in [4.69, 9.17) is 0 Å². The number of aromatic nitrogens is 1. The predicted molar refractivity (Wildman–Crippen MR) is 67.1 cm³/mol. The van der Waals surface area contributed by atoms with Crippen molar-refractivity contribution in [1.29, 1.82) is 0 Å². The van der Waals surface area contributed by atoms with Gasteiger partial charge < -0.3 is 0 Å². The first kappa shape index (κ1) is 11.0. The molecular formula is C13H13NOS. The molecule has 1 aromatic heterocycles. The van der Waals surface area contributed by atoms with Gasteiger partial charge in [-0.05, 0) is 18.9 Å². The van der Waals surface area contributed by atoms with Crippen LogP contribution in [0.3, 0.4) is 0 Å². The van der Waals surface area contributed by atoms with E-state index in [1.165, 1.54) is 16.9 Å². The summed E-state index contributed by atoms with van der Waals surface area (Å²) in [4.78, 5) is 15.9. The highest BCUT2D eigenvalue weighted by Gasteiger charge is 2.08. The lowest BCUT2D eigenvalue weighted by Crippen LogP contribution is -1.81. The fourth-order valence-electron chi connectivity index (χ4n) is 1.52. The van der Waals surface area contributed by atoms with Crippen molar-refractivity contribution in [2.24, 2.45) is 0 Å². The Balaban J connectivity index is 2.38. The molecule has 0 spiro atoms. The lowest BCUT2D eigenvalue weighted by Gasteiger charge is -1.98. The molecule has 0 saturated carbocycles. The monoisotopic (exact) mass is 231 g/mol. The van der Waals surface area contributed by atoms with E-state index in [-0.39, 0.29) is 0 Å². The Morgan fingerprint density at radius 1 is 1.31 bits per heavy atom. The molecule has 1 aromatic carbocycles. The highest BCUT2D eigenvalue weighted by molar-refractivity contribution is 7.16. The Morgan fingerprint density at radius 2 is 2.00 bits per heavy atom. The molecule has 0 amide bonds. The number of carbonyl (C=O) groups is 1. The van der Waals surface area contributed by atoms with E-state index in [9.17, 15) is 4.79 Å². The summed E-state index contributed by atoms with van der Waals surface area (Å²) >= 11 is 1.45. The zero-order valence-electron chi connectivity index (χ0n) is 9.36. The molecule has 0 bridgehead atoms. The second kappa shape index (κ2) is 4.58. The van der Waals surface area contributed by atoms with Crippen molar-refractivity contribution < 1.29 is 4.79 Å². The Labute approximate surface area is 99.0 Å². The van der Waals surface area contributed by atoms with Crippen molar-refractivity contribution in [2.75, 3.05) is 0 Å². The van der Waals surface area contributed by atoms with E-state index in [2.05, 4.69) is 36.2 Å². The molecule has 0 fully saturated rings. The molecule has 82 valence electrons. The fraction of sp³-hybridized carbons (Fsp3) is 0.231. The summed E-state index contributed by atoms with van der Waals surface area (Å²) < 4.78 is 0. The summed E-state index contributed by atoms with van der Waals surface area (Å²) in [7, 11) is 0. The third kappa shape index (κ3) is 2.04. The topological polar surface area (TPSA) is 30.0 Å². The largest absolute Gasteiger partial charge is 0.297 e. The van der Waals surface area contributed by atoms with Gasteiger partial charge in [0.25, 0.3) is 0 Å². The second-order valence-electron chi connectivity index (χ2n) is 3.64. The van der Waals surface area contributed by atoms with Crippen LogP contribution in [0.1, 0.15) is 27.9 Å². The Hall–Kier alpha value is -1.48. The highest BCUT2D eigenvalue weighted by atomic mass is 32.1. The van der Waals surface area contributed by atoms with Crippen LogP contribution in [0.15, 0.2) is 24.3 Å². The Kier molecular flexibility index (Phi) is 3.15. The number of carbonyl (C=O) groups excluding carboxylic acids is 1. The van der Waals surface area contributed by atoms with Crippen LogP contribution in [0.4, 0.5) is 0 Å². The number of thiazole rings is 1. The van der Waals surface area contributed by atoms with Gasteiger partial charge in [0.05, 0.1) is 10.6 Å². The van der Waals surface area contributed by atoms with Gasteiger partial charge >= 0.3 is 0 Å². The number of hydrogen-bond acceptors (Lipinski definition) is 3. The maximum Gasteiger partial charge on any atom is 0.161 e. The van der Waals surface area contributed by atoms with E-state index in [1.54, 1.807) is 0 Å². The van der Waals surface area contributed by atoms with Crippen molar-refractivity contribution in [3.8, 4) is 10.6 Å². The van der Waals surface area contributed by atoms with Crippen molar-refractivity contribution in [3.05, 3.63) is 40.4 Å². The maximum atomic E-state index is 10.7. The second-order valence-corrected chi connectivity index (χ2v) is 4.67. The highest BCUT2D eigenvalue weighted by Crippen LogP contribution is 2.27. The van der Waals surface area contributed by atoms with Crippen molar-refractivity contribution >= 4 is 17.6 Å². The van der Waals surface area contributed by atoms with Gasteiger partial charge in [-0.15, -0.1) is 11.3 Å². The van der Waals surface area contributed by atoms with Crippen molar-refractivity contribution in [3.63, 3.8) is 0 Å². The summed E-state index contributed by atoms with van der Waals surface area (Å²) in [5.41, 5.74) is 3.21. The fourth-order valence-corrected chi connectivity index (χ4v) is 2.41. The minimum atomic E-state index is 0.717. The van der Waals surface area contributed by atoms with E-state index in [0.717, 1.165) is 33.8 Å². The first-order valence-electron chi connectivity index (χ1n) is 5.26. The lowest BCUT2D eigenvalue weighted by atomic mass is 10.1. The van der Waals surface area contributed by atoms with Crippen LogP contribution in [0, 0.1) is 6.92 Å². The number of aldehydes is 1. The molecule has 0 N–H and O–H groups in total. The van der Waals surface area contributed by atoms with Crippen LogP contribution < -0.4 is 0 Å². The maximum absolute atomic E-state index is 10.7. The van der Waals surface area contributed by atoms with Crippen LogP contribution in [0.5, 0.6) is 0 Å². The number of aryl methyl sites for hydroxylation is 2. The zero-order chi connectivity index (χ0) is 11.5. The van der Waals surface area contributed by atoms with Crippen LogP contribution >= 0.6 is 11.3 Å². The molecule has 0 aliphatic rings. The molecule has 2 rings (SSSR count). The number of rotatable bonds is 3. The van der Waals surface area contributed by atoms with Crippen molar-refractivity contribution in [1.82, 2.24) is 4.98 Å². The normalized spacial score (nSPS) is 10.4. The molecule has 0 aliphatic carbocycles. The third-order valence-corrected chi connectivity index (χ3v) is 3.68. The molecule has 0 saturated heterocycles. The average molecular weight is 231 g/mol. The molecule has 1 heterocycles. The third-order valence-electron chi connectivity index (χ3n) is 2.55. The summed E-state index contributed by atoms with van der Waals surface area (Å²) in [6, 6.07) is 8.33. The zero-order valence-corrected chi connectivity index (χ0v) is 10.2. The molecule has 0 atom stereocenters. The molecular weight excluding hydrogens is 218 g/mol. The minimum absolute atomic E-state index is 0.717. The van der Waals surface area contributed by atoms with Crippen molar-refractivity contribution in [2.45, 2.75) is 20.3 Å². The Bertz CT molecular complexity index is 499. The van der Waals surface area contributed by atoms with Gasteiger partial charge in [-0.2, -0.15) is 0 Å². The standard InChI is InChI=1S/C13H13NOS/c1-3-10-4-6-11(7-5-10)13-14-9(2)12(8-15)16-13/h4-8H,3H2,1-2H3. The summed E-state index contributed by atoms with van der Waals surface area (Å²) in [6.07, 6.45) is 1.91. The summed E-state index contributed by atoms with van der Waals surface area (Å²) in [5, 5.41) is 0.919. The van der Waals surface area contributed by atoms with E-state index < -0.39 is 0 Å². The average Bonchev–Trinajstić information content (AvgIpc) is 2.71. The number of benzene rings is 1. The van der Waals surface area contributed by atoms with Crippen LogP contribution in [0.25, 0.3) is 10.6 Å². The first-order chi connectivity index (χ1) is 7.74. The van der Waals surface area contributed by atoms with Gasteiger partial charge in [-0.25, -0.2) is 4.98 Å². The number of nitrogens with zero attached hydrogens (tertiary/aromatic N) is 1. The molecule has 16 heavy (non-hydrogen) atoms. The number of hydrogen-bond donors (Lipinski definition) is 0. The molecule has 0 radical (unpaired) electrons. The van der Waals surface area contributed by atoms with E-state index in [0.29, 0.717) is 0 Å². The molecule has 2 nitrogen and oxygen atoms in total. The molecule has 2 aromatic rings. The first-order valence-corrected chi connectivity index (χ1v) is 6.08. The molecule has 3 heteroatoms. The van der Waals surface area contributed by atoms with Gasteiger partial charge in [0.2, 0.25) is 0 Å². The van der Waals surface area contributed by atoms with Crippen LogP contribution in [-0.2, 0) is 6.42 Å². The molecule has 0 unspecified atom stereocenters. The quantitative estimate of drug-likeness (QED) is 0.757. The van der Waals surface area contributed by atoms with E-state index >= 15 is 0 Å². The van der Waals surface area contributed by atoms with Gasteiger partial charge in [0.15, 0.2) is 6.29 Å². The Morgan fingerprint density at radius 3 is 2.50 bits per heavy atom. The van der Waals surface area contributed by atoms with Gasteiger partial charge in [0.1, 0.15) is 5.01 Å².